The number of hydrogen-bond acceptors (Lipinski definition) is 5. The third-order valence-electron chi connectivity index (χ3n) is 3.65. The van der Waals surface area contributed by atoms with Gasteiger partial charge in [-0.1, -0.05) is 0 Å². The maximum Gasteiger partial charge on any atom is 0.337 e. The van der Waals surface area contributed by atoms with Gasteiger partial charge in [-0.25, -0.2) is 14.2 Å². The summed E-state index contributed by atoms with van der Waals surface area (Å²) >= 11 is 0. The second-order valence-corrected chi connectivity index (χ2v) is 4.71. The molecule has 0 aromatic heterocycles. The summed E-state index contributed by atoms with van der Waals surface area (Å²) in [4.78, 5) is 17.6. The van der Waals surface area contributed by atoms with E-state index in [1.165, 1.54) is 7.11 Å². The standard InChI is InChI=1S/C13H14FN3O2/c1-19-12(18)7-5-8-10-3-2-4-17(10)13(15)16-11(8)9(14)6-7/h5-6,10H,2-4H2,1H3,(H2,15,16)/t10-/m0/s1. The Labute approximate surface area is 109 Å². The fourth-order valence-electron chi connectivity index (χ4n) is 2.77. The molecule has 1 aromatic rings. The van der Waals surface area contributed by atoms with Gasteiger partial charge in [-0.15, -0.1) is 0 Å². The lowest BCUT2D eigenvalue weighted by Gasteiger charge is -2.31. The van der Waals surface area contributed by atoms with Gasteiger partial charge in [0.2, 0.25) is 0 Å². The zero-order chi connectivity index (χ0) is 13.6. The van der Waals surface area contributed by atoms with Gasteiger partial charge >= 0.3 is 5.97 Å². The Kier molecular flexibility index (Phi) is 2.66. The molecule has 1 fully saturated rings. The highest BCUT2D eigenvalue weighted by Crippen LogP contribution is 2.42. The Morgan fingerprint density at radius 3 is 3.11 bits per heavy atom. The summed E-state index contributed by atoms with van der Waals surface area (Å²) in [6, 6.07) is 2.81. The van der Waals surface area contributed by atoms with Crippen molar-refractivity contribution < 1.29 is 13.9 Å². The summed E-state index contributed by atoms with van der Waals surface area (Å²) in [7, 11) is 1.28. The first kappa shape index (κ1) is 12.0. The lowest BCUT2D eigenvalue weighted by molar-refractivity contribution is 0.0600. The molecule has 1 atom stereocenters. The number of methoxy groups -OCH3 is 1. The van der Waals surface area contributed by atoms with Gasteiger partial charge in [-0.05, 0) is 25.0 Å². The summed E-state index contributed by atoms with van der Waals surface area (Å²) in [6.07, 6.45) is 1.86. The van der Waals surface area contributed by atoms with E-state index in [-0.39, 0.29) is 17.3 Å². The molecule has 19 heavy (non-hydrogen) atoms. The Morgan fingerprint density at radius 2 is 2.37 bits per heavy atom. The van der Waals surface area contributed by atoms with Crippen LogP contribution in [0.15, 0.2) is 17.1 Å². The first-order valence-corrected chi connectivity index (χ1v) is 6.14. The van der Waals surface area contributed by atoms with Crippen LogP contribution in [0.4, 0.5) is 10.1 Å². The SMILES string of the molecule is COC(=O)c1cc(F)c2c(c1)[C@@H]1CCCN1C(N)=N2. The van der Waals surface area contributed by atoms with Crippen molar-refractivity contribution in [2.45, 2.75) is 18.9 Å². The summed E-state index contributed by atoms with van der Waals surface area (Å²) in [5, 5.41) is 0. The maximum atomic E-state index is 14.1. The number of aliphatic imine (C=N–C) groups is 1. The number of benzene rings is 1. The molecule has 2 aliphatic heterocycles. The number of rotatable bonds is 1. The van der Waals surface area contributed by atoms with Crippen molar-refractivity contribution in [3.63, 3.8) is 0 Å². The van der Waals surface area contributed by atoms with Gasteiger partial charge < -0.3 is 15.4 Å². The zero-order valence-corrected chi connectivity index (χ0v) is 10.5. The monoisotopic (exact) mass is 263 g/mol. The fourth-order valence-corrected chi connectivity index (χ4v) is 2.77. The molecule has 1 aromatic carbocycles. The van der Waals surface area contributed by atoms with Crippen LogP contribution in [-0.2, 0) is 4.74 Å². The normalized spacial score (nSPS) is 20.6. The van der Waals surface area contributed by atoms with Crippen molar-refractivity contribution in [3.8, 4) is 0 Å². The van der Waals surface area contributed by atoms with Crippen LogP contribution >= 0.6 is 0 Å². The molecule has 0 aliphatic carbocycles. The van der Waals surface area contributed by atoms with E-state index in [2.05, 4.69) is 9.73 Å². The fraction of sp³-hybridized carbons (Fsp3) is 0.385. The predicted octanol–water partition coefficient (Wildman–Crippen LogP) is 1.71. The summed E-state index contributed by atoms with van der Waals surface area (Å²) in [5.74, 6) is -0.735. The highest BCUT2D eigenvalue weighted by atomic mass is 19.1. The Balaban J connectivity index is 2.16. The second-order valence-electron chi connectivity index (χ2n) is 4.71. The highest BCUT2D eigenvalue weighted by molar-refractivity contribution is 5.91. The van der Waals surface area contributed by atoms with Gasteiger partial charge in [0.25, 0.3) is 0 Å². The molecule has 0 saturated carbocycles. The lowest BCUT2D eigenvalue weighted by atomic mass is 9.98. The summed E-state index contributed by atoms with van der Waals surface area (Å²) < 4.78 is 18.7. The quantitative estimate of drug-likeness (QED) is 0.783. The third kappa shape index (κ3) is 1.75. The molecule has 2 N–H and O–H groups in total. The average molecular weight is 263 g/mol. The van der Waals surface area contributed by atoms with Gasteiger partial charge in [0.05, 0.1) is 18.7 Å². The number of nitrogens with zero attached hydrogens (tertiary/aromatic N) is 2. The van der Waals surface area contributed by atoms with E-state index in [9.17, 15) is 9.18 Å². The number of nitrogens with two attached hydrogens (primary N) is 1. The van der Waals surface area contributed by atoms with Crippen molar-refractivity contribution >= 4 is 17.6 Å². The van der Waals surface area contributed by atoms with Crippen molar-refractivity contribution in [1.82, 2.24) is 4.90 Å². The van der Waals surface area contributed by atoms with Crippen LogP contribution in [0.5, 0.6) is 0 Å². The van der Waals surface area contributed by atoms with E-state index < -0.39 is 11.8 Å². The van der Waals surface area contributed by atoms with Gasteiger partial charge in [0, 0.05) is 12.1 Å². The zero-order valence-electron chi connectivity index (χ0n) is 10.5. The van der Waals surface area contributed by atoms with Crippen LogP contribution < -0.4 is 5.73 Å². The van der Waals surface area contributed by atoms with E-state index in [0.717, 1.165) is 25.5 Å². The van der Waals surface area contributed by atoms with Crippen molar-refractivity contribution in [3.05, 3.63) is 29.1 Å². The molecule has 3 rings (SSSR count). The molecular formula is C13H14FN3O2. The van der Waals surface area contributed by atoms with Crippen molar-refractivity contribution in [1.29, 1.82) is 0 Å². The van der Waals surface area contributed by atoms with Gasteiger partial charge in [0.15, 0.2) is 5.96 Å². The molecule has 0 bridgehead atoms. The molecule has 0 spiro atoms. The summed E-state index contributed by atoms with van der Waals surface area (Å²) in [6.45, 7) is 0.809. The summed E-state index contributed by atoms with van der Waals surface area (Å²) in [5.41, 5.74) is 7.01. The number of fused-ring (bicyclic) bond motifs is 3. The molecule has 5 nitrogen and oxygen atoms in total. The lowest BCUT2D eigenvalue weighted by Crippen LogP contribution is -2.38. The molecule has 2 heterocycles. The van der Waals surface area contributed by atoms with Crippen LogP contribution in [0.1, 0.15) is 34.8 Å². The number of carbonyl (C=O) groups excluding carboxylic acids is 1. The molecular weight excluding hydrogens is 249 g/mol. The van der Waals surface area contributed by atoms with Gasteiger partial charge in [-0.3, -0.25) is 0 Å². The van der Waals surface area contributed by atoms with Crippen LogP contribution in [0.3, 0.4) is 0 Å². The van der Waals surface area contributed by atoms with Crippen LogP contribution in [0.25, 0.3) is 0 Å². The van der Waals surface area contributed by atoms with Crippen LogP contribution in [0.2, 0.25) is 0 Å². The first-order valence-electron chi connectivity index (χ1n) is 6.14. The first-order chi connectivity index (χ1) is 9.11. The molecule has 6 heteroatoms. The smallest absolute Gasteiger partial charge is 0.337 e. The van der Waals surface area contributed by atoms with Crippen molar-refractivity contribution in [2.75, 3.05) is 13.7 Å². The number of hydrogen-bond donors (Lipinski definition) is 1. The average Bonchev–Trinajstić information content (AvgIpc) is 2.89. The number of guanidine groups is 1. The van der Waals surface area contributed by atoms with Crippen LogP contribution in [-0.4, -0.2) is 30.5 Å². The molecule has 0 unspecified atom stereocenters. The van der Waals surface area contributed by atoms with Gasteiger partial charge in [0.1, 0.15) is 11.5 Å². The Bertz CT molecular complexity index is 585. The molecule has 100 valence electrons. The van der Waals surface area contributed by atoms with E-state index in [1.807, 2.05) is 4.90 Å². The number of halogens is 1. The topological polar surface area (TPSA) is 67.9 Å². The number of ether oxygens (including phenoxy) is 1. The van der Waals surface area contributed by atoms with E-state index >= 15 is 0 Å². The highest BCUT2D eigenvalue weighted by Gasteiger charge is 2.34. The third-order valence-corrected chi connectivity index (χ3v) is 3.65. The molecule has 2 aliphatic rings. The minimum absolute atomic E-state index is 0.00612. The molecule has 0 radical (unpaired) electrons. The second kappa shape index (κ2) is 4.22. The number of esters is 1. The van der Waals surface area contributed by atoms with E-state index in [1.54, 1.807) is 6.07 Å². The van der Waals surface area contributed by atoms with Crippen LogP contribution in [0, 0.1) is 5.82 Å². The molecule has 1 saturated heterocycles. The number of carbonyl (C=O) groups is 1. The van der Waals surface area contributed by atoms with E-state index in [0.29, 0.717) is 11.5 Å². The Hall–Kier alpha value is -2.11. The van der Waals surface area contributed by atoms with Crippen molar-refractivity contribution in [2.24, 2.45) is 10.7 Å². The molecule has 0 amide bonds. The minimum atomic E-state index is -0.547. The maximum absolute atomic E-state index is 14.1. The predicted molar refractivity (Wildman–Crippen MR) is 67.7 cm³/mol. The van der Waals surface area contributed by atoms with E-state index in [4.69, 9.17) is 5.73 Å². The largest absolute Gasteiger partial charge is 0.465 e. The Morgan fingerprint density at radius 1 is 1.58 bits per heavy atom. The van der Waals surface area contributed by atoms with Gasteiger partial charge in [-0.2, -0.15) is 0 Å². The minimum Gasteiger partial charge on any atom is -0.465 e.